The molecule has 31 heavy (non-hydrogen) atoms. The fourth-order valence-corrected chi connectivity index (χ4v) is 3.51. The van der Waals surface area contributed by atoms with Crippen molar-refractivity contribution in [2.75, 3.05) is 19.4 Å². The molecule has 162 valence electrons. The van der Waals surface area contributed by atoms with E-state index in [0.717, 1.165) is 17.1 Å². The van der Waals surface area contributed by atoms with Gasteiger partial charge in [-0.3, -0.25) is 14.4 Å². The number of aromatic nitrogens is 1. The molecule has 2 heterocycles. The van der Waals surface area contributed by atoms with Gasteiger partial charge >= 0.3 is 0 Å². The molecule has 0 aliphatic heterocycles. The number of benzene rings is 1. The molecule has 0 unspecified atom stereocenters. The Labute approximate surface area is 181 Å². The summed E-state index contributed by atoms with van der Waals surface area (Å²) < 4.78 is 14.3. The van der Waals surface area contributed by atoms with Gasteiger partial charge in [0.15, 0.2) is 5.69 Å². The van der Waals surface area contributed by atoms with Crippen molar-refractivity contribution in [3.05, 3.63) is 64.6 Å². The fraction of sp³-hybridized carbons (Fsp3) is 0.200. The Hall–Kier alpha value is -3.86. The molecule has 3 amide bonds. The van der Waals surface area contributed by atoms with E-state index < -0.39 is 11.8 Å². The second kappa shape index (κ2) is 9.76. The Kier molecular flexibility index (Phi) is 6.88. The Bertz CT molecular complexity index is 1060. The van der Waals surface area contributed by atoms with Gasteiger partial charge < -0.3 is 30.8 Å². The number of hydrogen-bond acceptors (Lipinski definition) is 8. The van der Waals surface area contributed by atoms with Crippen LogP contribution in [0.25, 0.3) is 0 Å². The minimum absolute atomic E-state index is 0.0308. The van der Waals surface area contributed by atoms with E-state index >= 15 is 0 Å². The van der Waals surface area contributed by atoms with Crippen molar-refractivity contribution in [2.45, 2.75) is 13.1 Å². The molecule has 0 spiro atoms. The second-order valence-electron chi connectivity index (χ2n) is 6.50. The molecule has 0 aliphatic rings. The predicted molar refractivity (Wildman–Crippen MR) is 113 cm³/mol. The van der Waals surface area contributed by atoms with Crippen LogP contribution in [-0.2, 0) is 17.9 Å². The number of nitrogens with two attached hydrogens (primary N) is 2. The molecule has 0 aliphatic carbocycles. The number of amides is 3. The number of anilines is 1. The van der Waals surface area contributed by atoms with E-state index in [2.05, 4.69) is 9.69 Å². The zero-order valence-electron chi connectivity index (χ0n) is 16.7. The number of nitrogen functional groups attached to an aromatic ring is 1. The van der Waals surface area contributed by atoms with Crippen LogP contribution in [0.5, 0.6) is 5.75 Å². The van der Waals surface area contributed by atoms with Crippen LogP contribution in [-0.4, -0.2) is 40.6 Å². The molecule has 0 atom stereocenters. The van der Waals surface area contributed by atoms with Gasteiger partial charge in [-0.15, -0.1) is 0 Å². The first-order valence-electron chi connectivity index (χ1n) is 9.15. The van der Waals surface area contributed by atoms with Crippen molar-refractivity contribution < 1.29 is 23.5 Å². The van der Waals surface area contributed by atoms with E-state index in [-0.39, 0.29) is 41.8 Å². The number of ether oxygens (including phenoxy) is 1. The summed E-state index contributed by atoms with van der Waals surface area (Å²) >= 11 is 0.753. The zero-order chi connectivity index (χ0) is 22.4. The maximum absolute atomic E-state index is 13.0. The molecule has 11 heteroatoms. The van der Waals surface area contributed by atoms with Crippen molar-refractivity contribution in [3.8, 4) is 5.75 Å². The molecule has 2 aromatic heterocycles. The van der Waals surface area contributed by atoms with Crippen molar-refractivity contribution >= 4 is 34.9 Å². The lowest BCUT2D eigenvalue weighted by atomic mass is 10.2. The number of nitrogens with one attached hydrogen (secondary N) is 1. The van der Waals surface area contributed by atoms with Crippen LogP contribution in [0.4, 0.5) is 5.69 Å². The van der Waals surface area contributed by atoms with E-state index in [4.69, 9.17) is 20.6 Å². The van der Waals surface area contributed by atoms with Gasteiger partial charge in [-0.05, 0) is 41.4 Å². The second-order valence-corrected chi connectivity index (χ2v) is 7.28. The van der Waals surface area contributed by atoms with Gasteiger partial charge in [0, 0.05) is 6.54 Å². The van der Waals surface area contributed by atoms with E-state index in [1.54, 1.807) is 31.4 Å². The molecule has 10 nitrogen and oxygen atoms in total. The summed E-state index contributed by atoms with van der Waals surface area (Å²) in [6.07, 6.45) is 1.47. The number of nitrogens with zero attached hydrogens (tertiary/aromatic N) is 2. The van der Waals surface area contributed by atoms with Crippen molar-refractivity contribution in [1.82, 2.24) is 14.6 Å². The number of methoxy groups -OCH3 is 1. The zero-order valence-corrected chi connectivity index (χ0v) is 17.5. The standard InChI is InChI=1S/C20H21N5O5S/c1-29-13-6-4-12(5-7-13)9-23-15(26)11-25(10-14-3-2-8-30-14)20(28)18-16(21)17(19(22)27)24-31-18/h2-8H,9-11,21H2,1H3,(H2,22,27)(H,23,26). The summed E-state index contributed by atoms with van der Waals surface area (Å²) in [6.45, 7) is 0.0596. The van der Waals surface area contributed by atoms with Crippen LogP contribution in [0.3, 0.4) is 0 Å². The monoisotopic (exact) mass is 443 g/mol. The topological polar surface area (TPSA) is 154 Å². The third kappa shape index (κ3) is 5.39. The number of primary amides is 1. The maximum Gasteiger partial charge on any atom is 0.270 e. The van der Waals surface area contributed by atoms with Crippen molar-refractivity contribution in [2.24, 2.45) is 5.73 Å². The molecule has 3 aromatic rings. The normalized spacial score (nSPS) is 10.5. The molecule has 0 saturated heterocycles. The first-order chi connectivity index (χ1) is 14.9. The lowest BCUT2D eigenvalue weighted by Gasteiger charge is -2.20. The Morgan fingerprint density at radius 1 is 1.23 bits per heavy atom. The minimum Gasteiger partial charge on any atom is -0.497 e. The Balaban J connectivity index is 1.71. The summed E-state index contributed by atoms with van der Waals surface area (Å²) in [5.74, 6) is -0.577. The van der Waals surface area contributed by atoms with Gasteiger partial charge in [-0.2, -0.15) is 4.37 Å². The van der Waals surface area contributed by atoms with Gasteiger partial charge in [0.1, 0.15) is 22.9 Å². The molecule has 3 rings (SSSR count). The van der Waals surface area contributed by atoms with Crippen LogP contribution in [0, 0.1) is 0 Å². The van der Waals surface area contributed by atoms with Crippen LogP contribution in [0.2, 0.25) is 0 Å². The average Bonchev–Trinajstić information content (AvgIpc) is 3.41. The van der Waals surface area contributed by atoms with E-state index in [1.807, 2.05) is 12.1 Å². The highest BCUT2D eigenvalue weighted by Crippen LogP contribution is 2.24. The number of carbonyl (C=O) groups is 3. The Morgan fingerprint density at radius 2 is 1.97 bits per heavy atom. The van der Waals surface area contributed by atoms with E-state index in [0.29, 0.717) is 11.5 Å². The van der Waals surface area contributed by atoms with Crippen molar-refractivity contribution in [1.29, 1.82) is 0 Å². The summed E-state index contributed by atoms with van der Waals surface area (Å²) in [4.78, 5) is 38.3. The van der Waals surface area contributed by atoms with Gasteiger partial charge in [-0.25, -0.2) is 0 Å². The lowest BCUT2D eigenvalue weighted by Crippen LogP contribution is -2.40. The van der Waals surface area contributed by atoms with Gasteiger partial charge in [0.25, 0.3) is 11.8 Å². The first kappa shape index (κ1) is 21.8. The average molecular weight is 443 g/mol. The quantitative estimate of drug-likeness (QED) is 0.451. The molecule has 0 radical (unpaired) electrons. The highest BCUT2D eigenvalue weighted by Gasteiger charge is 2.27. The minimum atomic E-state index is -0.831. The highest BCUT2D eigenvalue weighted by atomic mass is 32.1. The third-order valence-corrected chi connectivity index (χ3v) is 5.20. The largest absolute Gasteiger partial charge is 0.497 e. The predicted octanol–water partition coefficient (Wildman–Crippen LogP) is 1.38. The molecular formula is C20H21N5O5S. The molecule has 1 aromatic carbocycles. The van der Waals surface area contributed by atoms with Gasteiger partial charge in [0.2, 0.25) is 5.91 Å². The third-order valence-electron chi connectivity index (χ3n) is 4.35. The number of carbonyl (C=O) groups excluding carboxylic acids is 3. The lowest BCUT2D eigenvalue weighted by molar-refractivity contribution is -0.122. The van der Waals surface area contributed by atoms with Crippen LogP contribution in [0.15, 0.2) is 47.1 Å². The molecule has 5 N–H and O–H groups in total. The summed E-state index contributed by atoms with van der Waals surface area (Å²) in [6, 6.07) is 10.6. The van der Waals surface area contributed by atoms with E-state index in [9.17, 15) is 14.4 Å². The van der Waals surface area contributed by atoms with Crippen molar-refractivity contribution in [3.63, 3.8) is 0 Å². The summed E-state index contributed by atoms with van der Waals surface area (Å²) in [7, 11) is 1.57. The van der Waals surface area contributed by atoms with Crippen LogP contribution in [0.1, 0.15) is 31.5 Å². The molecule has 0 saturated carbocycles. The number of rotatable bonds is 9. The summed E-state index contributed by atoms with van der Waals surface area (Å²) in [5, 5.41) is 2.77. The Morgan fingerprint density at radius 3 is 2.55 bits per heavy atom. The SMILES string of the molecule is COc1ccc(CNC(=O)CN(Cc2ccco2)C(=O)c2snc(C(N)=O)c2N)cc1. The molecule has 0 fully saturated rings. The molecular weight excluding hydrogens is 422 g/mol. The van der Waals surface area contributed by atoms with Crippen LogP contribution >= 0.6 is 11.5 Å². The molecule has 0 bridgehead atoms. The smallest absolute Gasteiger partial charge is 0.270 e. The van der Waals surface area contributed by atoms with Gasteiger partial charge in [-0.1, -0.05) is 12.1 Å². The van der Waals surface area contributed by atoms with Gasteiger partial charge in [0.05, 0.1) is 25.6 Å². The number of hydrogen-bond donors (Lipinski definition) is 3. The van der Waals surface area contributed by atoms with Crippen LogP contribution < -0.4 is 21.5 Å². The maximum atomic E-state index is 13.0. The first-order valence-corrected chi connectivity index (χ1v) is 9.92. The fourth-order valence-electron chi connectivity index (χ4n) is 2.74. The highest BCUT2D eigenvalue weighted by molar-refractivity contribution is 7.09. The number of furan rings is 1. The summed E-state index contributed by atoms with van der Waals surface area (Å²) in [5.41, 5.74) is 11.7. The van der Waals surface area contributed by atoms with E-state index in [1.165, 1.54) is 11.2 Å².